The first-order valence-corrected chi connectivity index (χ1v) is 12.9. The van der Waals surface area contributed by atoms with E-state index in [2.05, 4.69) is 17.1 Å². The molecule has 0 radical (unpaired) electrons. The number of rotatable bonds is 8. The summed E-state index contributed by atoms with van der Waals surface area (Å²) in [5.41, 5.74) is 1.03. The van der Waals surface area contributed by atoms with Crippen LogP contribution >= 0.6 is 23.2 Å². The zero-order valence-electron chi connectivity index (χ0n) is 19.4. The minimum Gasteiger partial charge on any atom is -0.494 e. The van der Waals surface area contributed by atoms with Crippen LogP contribution < -0.4 is 10.1 Å². The van der Waals surface area contributed by atoms with Gasteiger partial charge in [-0.1, -0.05) is 49.0 Å². The van der Waals surface area contributed by atoms with Crippen molar-refractivity contribution in [3.05, 3.63) is 58.1 Å². The molecule has 1 amide bonds. The molecule has 0 bridgehead atoms. The van der Waals surface area contributed by atoms with Gasteiger partial charge >= 0.3 is 0 Å². The van der Waals surface area contributed by atoms with E-state index in [4.69, 9.17) is 27.9 Å². The summed E-state index contributed by atoms with van der Waals surface area (Å²) in [6.07, 6.45) is 7.28. The van der Waals surface area contributed by atoms with Crippen LogP contribution in [-0.4, -0.2) is 37.0 Å². The molecule has 178 valence electrons. The minimum absolute atomic E-state index is 0.00588. The Balaban J connectivity index is 1.31. The van der Waals surface area contributed by atoms with E-state index < -0.39 is 5.41 Å². The normalized spacial score (nSPS) is 20.5. The van der Waals surface area contributed by atoms with Crippen molar-refractivity contribution in [1.29, 1.82) is 0 Å². The molecule has 2 aliphatic rings. The molecular formula is C27H34Cl2N2O2. The molecule has 33 heavy (non-hydrogen) atoms. The third-order valence-corrected chi connectivity index (χ3v) is 7.63. The maximum absolute atomic E-state index is 13.4. The SMILES string of the molecule is C[C@H]1CCCN(CCCOc2ccc(NC(=O)C3(c4ccc(Cl)cc4Cl)CCCC3)cc2)C1. The predicted molar refractivity (Wildman–Crippen MR) is 137 cm³/mol. The number of nitrogens with one attached hydrogen (secondary N) is 1. The van der Waals surface area contributed by atoms with E-state index in [1.165, 1.54) is 25.9 Å². The third-order valence-electron chi connectivity index (χ3n) is 7.08. The molecule has 2 fully saturated rings. The number of piperidine rings is 1. The lowest BCUT2D eigenvalue weighted by Gasteiger charge is -2.30. The number of carbonyl (C=O) groups is 1. The Hall–Kier alpha value is -1.75. The Bertz CT molecular complexity index is 942. The minimum atomic E-state index is -0.608. The van der Waals surface area contributed by atoms with Crippen molar-refractivity contribution in [1.82, 2.24) is 4.90 Å². The van der Waals surface area contributed by atoms with Crippen LogP contribution in [0.3, 0.4) is 0 Å². The Morgan fingerprint density at radius 3 is 2.58 bits per heavy atom. The number of hydrogen-bond donors (Lipinski definition) is 1. The molecular weight excluding hydrogens is 455 g/mol. The molecule has 1 atom stereocenters. The topological polar surface area (TPSA) is 41.6 Å². The predicted octanol–water partition coefficient (Wildman–Crippen LogP) is 6.94. The van der Waals surface area contributed by atoms with Crippen LogP contribution in [0, 0.1) is 5.92 Å². The molecule has 1 heterocycles. The molecule has 0 aromatic heterocycles. The van der Waals surface area contributed by atoms with Crippen LogP contribution in [0.25, 0.3) is 0 Å². The van der Waals surface area contributed by atoms with E-state index >= 15 is 0 Å². The van der Waals surface area contributed by atoms with Gasteiger partial charge in [0.05, 0.1) is 12.0 Å². The second-order valence-corrected chi connectivity index (χ2v) is 10.5. The van der Waals surface area contributed by atoms with Gasteiger partial charge in [0.15, 0.2) is 0 Å². The highest BCUT2D eigenvalue weighted by atomic mass is 35.5. The smallest absolute Gasteiger partial charge is 0.235 e. The first-order valence-electron chi connectivity index (χ1n) is 12.2. The first kappa shape index (κ1) is 24.4. The number of benzene rings is 2. The van der Waals surface area contributed by atoms with Gasteiger partial charge in [-0.05, 0) is 86.5 Å². The lowest BCUT2D eigenvalue weighted by molar-refractivity contribution is -0.121. The molecule has 4 rings (SSSR count). The summed E-state index contributed by atoms with van der Waals surface area (Å²) in [5, 5.41) is 4.25. The number of carbonyl (C=O) groups excluding carboxylic acids is 1. The summed E-state index contributed by atoms with van der Waals surface area (Å²) in [6, 6.07) is 13.1. The maximum atomic E-state index is 13.4. The van der Waals surface area contributed by atoms with Crippen LogP contribution in [0.1, 0.15) is 57.4 Å². The standard InChI is InChI=1S/C27H34Cl2N2O2/c1-20-6-4-15-31(19-20)16-5-17-33-23-10-8-22(9-11-23)30-26(32)27(13-2-3-14-27)24-12-7-21(28)18-25(24)29/h7-12,18,20H,2-6,13-17,19H2,1H3,(H,30,32)/t20-/m0/s1. The van der Waals surface area contributed by atoms with Crippen molar-refractivity contribution in [3.8, 4) is 5.75 Å². The molecule has 2 aromatic rings. The summed E-state index contributed by atoms with van der Waals surface area (Å²) in [5.74, 6) is 1.63. The lowest BCUT2D eigenvalue weighted by atomic mass is 9.78. The zero-order valence-corrected chi connectivity index (χ0v) is 20.9. The molecule has 1 saturated carbocycles. The molecule has 6 heteroatoms. The van der Waals surface area contributed by atoms with E-state index in [0.717, 1.165) is 61.6 Å². The monoisotopic (exact) mass is 488 g/mol. The van der Waals surface area contributed by atoms with Gasteiger partial charge < -0.3 is 15.0 Å². The number of halogens is 2. The summed E-state index contributed by atoms with van der Waals surface area (Å²) >= 11 is 12.6. The average molecular weight is 489 g/mol. The Morgan fingerprint density at radius 1 is 1.12 bits per heavy atom. The van der Waals surface area contributed by atoms with E-state index in [1.54, 1.807) is 6.07 Å². The molecule has 2 aromatic carbocycles. The van der Waals surface area contributed by atoms with E-state index in [9.17, 15) is 4.79 Å². The van der Waals surface area contributed by atoms with E-state index in [-0.39, 0.29) is 5.91 Å². The van der Waals surface area contributed by atoms with E-state index in [0.29, 0.717) is 16.7 Å². The fourth-order valence-corrected chi connectivity index (χ4v) is 5.92. The Morgan fingerprint density at radius 2 is 1.88 bits per heavy atom. The van der Waals surface area contributed by atoms with Gasteiger partial charge in [-0.25, -0.2) is 0 Å². The quantitative estimate of drug-likeness (QED) is 0.408. The van der Waals surface area contributed by atoms with Gasteiger partial charge in [0.2, 0.25) is 5.91 Å². The number of ether oxygens (including phenoxy) is 1. The molecule has 1 N–H and O–H groups in total. The van der Waals surface area contributed by atoms with E-state index in [1.807, 2.05) is 36.4 Å². The van der Waals surface area contributed by atoms with Gasteiger partial charge in [-0.2, -0.15) is 0 Å². The average Bonchev–Trinajstić information content (AvgIpc) is 3.29. The second kappa shape index (κ2) is 11.1. The zero-order chi connectivity index (χ0) is 23.3. The summed E-state index contributed by atoms with van der Waals surface area (Å²) < 4.78 is 5.93. The number of likely N-dealkylation sites (tertiary alicyclic amines) is 1. The highest BCUT2D eigenvalue weighted by Crippen LogP contribution is 2.45. The fourth-order valence-electron chi connectivity index (χ4n) is 5.33. The van der Waals surface area contributed by atoms with Gasteiger partial charge in [0, 0.05) is 28.8 Å². The fraction of sp³-hybridized carbons (Fsp3) is 0.519. The second-order valence-electron chi connectivity index (χ2n) is 9.64. The summed E-state index contributed by atoms with van der Waals surface area (Å²) in [6.45, 7) is 6.54. The number of nitrogens with zero attached hydrogens (tertiary/aromatic N) is 1. The highest BCUT2D eigenvalue weighted by Gasteiger charge is 2.44. The van der Waals surface area contributed by atoms with Crippen molar-refractivity contribution in [2.75, 3.05) is 31.6 Å². The van der Waals surface area contributed by atoms with Crippen molar-refractivity contribution >= 4 is 34.8 Å². The van der Waals surface area contributed by atoms with Gasteiger partial charge in [0.1, 0.15) is 5.75 Å². The third kappa shape index (κ3) is 6.03. The molecule has 0 unspecified atom stereocenters. The van der Waals surface area contributed by atoms with Crippen molar-refractivity contribution in [2.24, 2.45) is 5.92 Å². The molecule has 4 nitrogen and oxygen atoms in total. The molecule has 1 aliphatic heterocycles. The number of hydrogen-bond acceptors (Lipinski definition) is 3. The van der Waals surface area contributed by atoms with Gasteiger partial charge in [-0.15, -0.1) is 0 Å². The van der Waals surface area contributed by atoms with Crippen molar-refractivity contribution in [2.45, 2.75) is 57.3 Å². The number of anilines is 1. The van der Waals surface area contributed by atoms with Crippen LogP contribution in [0.15, 0.2) is 42.5 Å². The Kier molecular flexibility index (Phi) is 8.21. The lowest BCUT2D eigenvalue weighted by Crippen LogP contribution is -2.38. The van der Waals surface area contributed by atoms with Crippen LogP contribution in [0.5, 0.6) is 5.75 Å². The summed E-state index contributed by atoms with van der Waals surface area (Å²) in [7, 11) is 0. The molecule has 1 aliphatic carbocycles. The van der Waals surface area contributed by atoms with Crippen LogP contribution in [0.4, 0.5) is 5.69 Å². The largest absolute Gasteiger partial charge is 0.494 e. The number of amides is 1. The van der Waals surface area contributed by atoms with Crippen molar-refractivity contribution in [3.63, 3.8) is 0 Å². The molecule has 1 saturated heterocycles. The van der Waals surface area contributed by atoms with Gasteiger partial charge in [0.25, 0.3) is 0 Å². The van der Waals surface area contributed by atoms with Gasteiger partial charge in [-0.3, -0.25) is 4.79 Å². The highest BCUT2D eigenvalue weighted by molar-refractivity contribution is 6.35. The van der Waals surface area contributed by atoms with Crippen LogP contribution in [-0.2, 0) is 10.2 Å². The molecule has 0 spiro atoms. The van der Waals surface area contributed by atoms with Crippen molar-refractivity contribution < 1.29 is 9.53 Å². The van der Waals surface area contributed by atoms with Crippen LogP contribution in [0.2, 0.25) is 10.0 Å². The maximum Gasteiger partial charge on any atom is 0.235 e. The first-order chi connectivity index (χ1) is 16.0. The Labute approximate surface area is 207 Å². The summed E-state index contributed by atoms with van der Waals surface area (Å²) in [4.78, 5) is 15.9.